The molecule has 3 heterocycles. The molecule has 0 saturated carbocycles. The number of hydrogen-bond donors (Lipinski definition) is 3. The number of para-hydroxylation sites is 1. The molecule has 3 N–H and O–H groups in total. The van der Waals surface area contributed by atoms with E-state index in [1.54, 1.807) is 12.1 Å². The van der Waals surface area contributed by atoms with Gasteiger partial charge >= 0.3 is 5.69 Å². The second-order valence-electron chi connectivity index (χ2n) is 8.01. The highest BCUT2D eigenvalue weighted by Gasteiger charge is 2.35. The van der Waals surface area contributed by atoms with Gasteiger partial charge in [-0.3, -0.25) is 14.7 Å². The van der Waals surface area contributed by atoms with E-state index in [1.807, 2.05) is 44.2 Å². The minimum atomic E-state index is -0.661. The van der Waals surface area contributed by atoms with Crippen LogP contribution in [0.5, 0.6) is 5.88 Å². The number of aromatic nitrogens is 3. The second-order valence-corrected chi connectivity index (χ2v) is 8.01. The highest BCUT2D eigenvalue weighted by Crippen LogP contribution is 2.39. The first-order chi connectivity index (χ1) is 15.0. The molecule has 2 aromatic carbocycles. The van der Waals surface area contributed by atoms with Crippen molar-refractivity contribution in [2.24, 2.45) is 0 Å². The predicted molar refractivity (Wildman–Crippen MR) is 120 cm³/mol. The molecular weight excluding hydrogens is 392 g/mol. The maximum Gasteiger partial charge on any atom is 0.335 e. The zero-order chi connectivity index (χ0) is 21.7. The molecule has 0 fully saturated rings. The van der Waals surface area contributed by atoms with Crippen LogP contribution in [-0.4, -0.2) is 37.6 Å². The summed E-state index contributed by atoms with van der Waals surface area (Å²) in [4.78, 5) is 33.7. The smallest absolute Gasteiger partial charge is 0.335 e. The minimum absolute atomic E-state index is 0.175. The van der Waals surface area contributed by atoms with Crippen molar-refractivity contribution in [1.82, 2.24) is 19.4 Å². The van der Waals surface area contributed by atoms with Crippen molar-refractivity contribution in [2.45, 2.75) is 26.3 Å². The Morgan fingerprint density at radius 3 is 2.55 bits per heavy atom. The van der Waals surface area contributed by atoms with Crippen LogP contribution >= 0.6 is 0 Å². The molecule has 1 aliphatic heterocycles. The molecule has 5 rings (SSSR count). The number of aromatic amines is 2. The number of hydrogen-bond acceptors (Lipinski definition) is 4. The minimum Gasteiger partial charge on any atom is -0.494 e. The average Bonchev–Trinajstić information content (AvgIpc) is 3.14. The normalized spacial score (nSPS) is 16.5. The fourth-order valence-electron chi connectivity index (χ4n) is 4.68. The maximum atomic E-state index is 13.0. The van der Waals surface area contributed by atoms with Gasteiger partial charge in [0.25, 0.3) is 5.56 Å². The fraction of sp³-hybridized carbons (Fsp3) is 0.250. The van der Waals surface area contributed by atoms with E-state index in [1.165, 1.54) is 4.57 Å². The molecule has 1 atom stereocenters. The third kappa shape index (κ3) is 3.00. The Morgan fingerprint density at radius 1 is 1.06 bits per heavy atom. The first kappa shape index (κ1) is 19.4. The van der Waals surface area contributed by atoms with Gasteiger partial charge in [0.2, 0.25) is 5.88 Å². The van der Waals surface area contributed by atoms with E-state index in [0.29, 0.717) is 12.2 Å². The second kappa shape index (κ2) is 7.28. The van der Waals surface area contributed by atoms with E-state index in [2.05, 4.69) is 20.9 Å². The van der Waals surface area contributed by atoms with Gasteiger partial charge in [-0.25, -0.2) is 9.36 Å². The molecule has 0 spiro atoms. The average molecular weight is 416 g/mol. The molecule has 1 aliphatic rings. The SMILES string of the molecule is CCN1CCc2c([nH]c3ccccc23)[C@H]1c1c(O)n(-c2ccc(C)cc2)c(=O)[nH]c1=O. The zero-order valence-electron chi connectivity index (χ0n) is 17.5. The summed E-state index contributed by atoms with van der Waals surface area (Å²) >= 11 is 0. The molecule has 7 nitrogen and oxygen atoms in total. The van der Waals surface area contributed by atoms with Crippen LogP contribution in [0, 0.1) is 6.92 Å². The van der Waals surface area contributed by atoms with Crippen molar-refractivity contribution >= 4 is 10.9 Å². The quantitative estimate of drug-likeness (QED) is 0.479. The van der Waals surface area contributed by atoms with Crippen molar-refractivity contribution in [3.63, 3.8) is 0 Å². The standard InChI is InChI=1S/C24H24N4O3/c1-3-27-13-12-17-16-6-4-5-7-18(16)25-20(17)21(27)19-22(29)26-24(31)28(23(19)30)15-10-8-14(2)9-11-15/h4-11,21,25,30H,3,12-13H2,1-2H3,(H,26,29,31)/t21-/m1/s1. The first-order valence-electron chi connectivity index (χ1n) is 10.5. The van der Waals surface area contributed by atoms with E-state index in [9.17, 15) is 14.7 Å². The third-order valence-electron chi connectivity index (χ3n) is 6.23. The molecular formula is C24H24N4O3. The number of H-pyrrole nitrogens is 2. The fourth-order valence-corrected chi connectivity index (χ4v) is 4.68. The summed E-state index contributed by atoms with van der Waals surface area (Å²) in [6.07, 6.45) is 0.847. The summed E-state index contributed by atoms with van der Waals surface area (Å²) in [6.45, 7) is 5.42. The molecule has 0 radical (unpaired) electrons. The van der Waals surface area contributed by atoms with Crippen LogP contribution in [0.1, 0.15) is 35.3 Å². The van der Waals surface area contributed by atoms with E-state index in [0.717, 1.165) is 40.7 Å². The number of nitrogens with one attached hydrogen (secondary N) is 2. The van der Waals surface area contributed by atoms with Gasteiger partial charge in [-0.15, -0.1) is 0 Å². The summed E-state index contributed by atoms with van der Waals surface area (Å²) in [5.74, 6) is -0.326. The van der Waals surface area contributed by atoms with Crippen LogP contribution in [0.3, 0.4) is 0 Å². The zero-order valence-corrected chi connectivity index (χ0v) is 17.5. The van der Waals surface area contributed by atoms with Crippen LogP contribution in [0.2, 0.25) is 0 Å². The first-order valence-corrected chi connectivity index (χ1v) is 10.5. The van der Waals surface area contributed by atoms with Gasteiger partial charge in [-0.1, -0.05) is 42.8 Å². The number of rotatable bonds is 3. The lowest BCUT2D eigenvalue weighted by atomic mass is 9.93. The summed E-state index contributed by atoms with van der Waals surface area (Å²) < 4.78 is 1.17. The Bertz CT molecular complexity index is 1400. The van der Waals surface area contributed by atoms with Gasteiger partial charge in [0, 0.05) is 23.1 Å². The number of fused-ring (bicyclic) bond motifs is 3. The number of aryl methyl sites for hydroxylation is 1. The summed E-state index contributed by atoms with van der Waals surface area (Å²) in [5, 5.41) is 12.4. The van der Waals surface area contributed by atoms with Gasteiger partial charge in [0.15, 0.2) is 0 Å². The lowest BCUT2D eigenvalue weighted by Crippen LogP contribution is -2.41. The summed E-state index contributed by atoms with van der Waals surface area (Å²) in [7, 11) is 0. The molecule has 0 bridgehead atoms. The molecule has 7 heteroatoms. The van der Waals surface area contributed by atoms with Gasteiger partial charge < -0.3 is 10.1 Å². The molecule has 0 amide bonds. The van der Waals surface area contributed by atoms with E-state index in [4.69, 9.17) is 0 Å². The topological polar surface area (TPSA) is 94.1 Å². The molecule has 0 unspecified atom stereocenters. The van der Waals surface area contributed by atoms with Crippen molar-refractivity contribution in [3.8, 4) is 11.6 Å². The largest absolute Gasteiger partial charge is 0.494 e. The molecule has 0 saturated heterocycles. The molecule has 0 aliphatic carbocycles. The lowest BCUT2D eigenvalue weighted by molar-refractivity contribution is 0.215. The number of benzene rings is 2. The number of nitrogens with zero attached hydrogens (tertiary/aromatic N) is 2. The van der Waals surface area contributed by atoms with Gasteiger partial charge in [0.1, 0.15) is 5.56 Å². The van der Waals surface area contributed by atoms with Crippen LogP contribution in [-0.2, 0) is 6.42 Å². The summed E-state index contributed by atoms with van der Waals surface area (Å²) in [5.41, 5.74) is 3.52. The predicted octanol–water partition coefficient (Wildman–Crippen LogP) is 2.99. The highest BCUT2D eigenvalue weighted by molar-refractivity contribution is 5.85. The van der Waals surface area contributed by atoms with Crippen LogP contribution in [0.4, 0.5) is 0 Å². The Kier molecular flexibility index (Phi) is 4.55. The maximum absolute atomic E-state index is 13.0. The third-order valence-corrected chi connectivity index (χ3v) is 6.23. The Labute approximate surface area is 178 Å². The summed E-state index contributed by atoms with van der Waals surface area (Å²) in [6, 6.07) is 14.8. The van der Waals surface area contributed by atoms with Crippen LogP contribution in [0.15, 0.2) is 58.1 Å². The van der Waals surface area contributed by atoms with E-state index >= 15 is 0 Å². The van der Waals surface area contributed by atoms with Crippen LogP contribution < -0.4 is 11.2 Å². The van der Waals surface area contributed by atoms with Crippen molar-refractivity contribution in [3.05, 3.63) is 91.8 Å². The Morgan fingerprint density at radius 2 is 1.81 bits per heavy atom. The Hall–Kier alpha value is -3.58. The highest BCUT2D eigenvalue weighted by atomic mass is 16.3. The molecule has 158 valence electrons. The van der Waals surface area contributed by atoms with Gasteiger partial charge in [0.05, 0.1) is 11.7 Å². The number of likely N-dealkylation sites (N-methyl/N-ethyl adjacent to an activating group) is 1. The lowest BCUT2D eigenvalue weighted by Gasteiger charge is -2.35. The van der Waals surface area contributed by atoms with Crippen molar-refractivity contribution in [2.75, 3.05) is 13.1 Å². The van der Waals surface area contributed by atoms with Gasteiger partial charge in [-0.2, -0.15) is 0 Å². The number of aromatic hydroxyl groups is 1. The molecule has 4 aromatic rings. The molecule has 31 heavy (non-hydrogen) atoms. The monoisotopic (exact) mass is 416 g/mol. The van der Waals surface area contributed by atoms with Crippen molar-refractivity contribution < 1.29 is 5.11 Å². The molecule has 2 aromatic heterocycles. The Balaban J connectivity index is 1.78. The van der Waals surface area contributed by atoms with E-state index < -0.39 is 17.3 Å². The van der Waals surface area contributed by atoms with E-state index in [-0.39, 0.29) is 11.4 Å². The van der Waals surface area contributed by atoms with Crippen LogP contribution in [0.25, 0.3) is 16.6 Å². The van der Waals surface area contributed by atoms with Gasteiger partial charge in [-0.05, 0) is 43.7 Å². The van der Waals surface area contributed by atoms with Crippen molar-refractivity contribution in [1.29, 1.82) is 0 Å².